The molecule has 3 heterocycles. The molecular formula is C35H40Cl3N5O3. The average molecular weight is 685 g/mol. The number of aromatic nitrogens is 1. The van der Waals surface area contributed by atoms with Crippen LogP contribution in [0.5, 0.6) is 5.75 Å². The number of hydrogen-bond donors (Lipinski definition) is 2. The first-order valence-corrected chi connectivity index (χ1v) is 17.2. The molecule has 8 nitrogen and oxygen atoms in total. The summed E-state index contributed by atoms with van der Waals surface area (Å²) in [5, 5.41) is 7.72. The fourth-order valence-corrected chi connectivity index (χ4v) is 7.81. The summed E-state index contributed by atoms with van der Waals surface area (Å²) in [6, 6.07) is 13.1. The van der Waals surface area contributed by atoms with Crippen molar-refractivity contribution in [3.05, 3.63) is 86.0 Å². The molecule has 3 fully saturated rings. The molecule has 2 aliphatic heterocycles. The van der Waals surface area contributed by atoms with Crippen molar-refractivity contribution < 1.29 is 14.3 Å². The number of hydrogen-bond acceptors (Lipinski definition) is 6. The van der Waals surface area contributed by atoms with Gasteiger partial charge in [-0.05, 0) is 98.7 Å². The lowest BCUT2D eigenvalue weighted by molar-refractivity contribution is -0.139. The van der Waals surface area contributed by atoms with E-state index in [1.165, 1.54) is 0 Å². The SMILES string of the molecule is CNC(=O)c1ccc(Cl)c(C(C)N(C(=O)[C@H]2CNCC[C@@H]2c2ccc(N3CC[C@H](Oc4c(Cl)cc(C)cc4Cl)C3)nc2)C2CC2)c1. The largest absolute Gasteiger partial charge is 0.485 e. The fraction of sp³-hybridized carbons (Fsp3) is 0.457. The Bertz CT molecular complexity index is 1580. The molecule has 1 unspecified atom stereocenters. The van der Waals surface area contributed by atoms with Crippen molar-refractivity contribution in [3.63, 3.8) is 0 Å². The summed E-state index contributed by atoms with van der Waals surface area (Å²) in [6.07, 6.45) is 5.49. The standard InChI is InChI=1S/C35H40Cl3N5O3/c1-20-14-30(37)33(31(38)15-20)46-25-11-13-42(19-25)32-9-5-23(17-41-32)26-10-12-40-18-28(26)35(45)43(24-6-7-24)21(2)27-16-22(34(44)39-3)4-8-29(27)36/h4-5,8-9,14-17,21,24-26,28,40H,6-7,10-13,18-19H2,1-3H3,(H,39,44)/t21?,25-,26+,28-/m0/s1. The third-order valence-electron chi connectivity index (χ3n) is 9.44. The van der Waals surface area contributed by atoms with E-state index < -0.39 is 0 Å². The topological polar surface area (TPSA) is 86.8 Å². The number of amides is 2. The van der Waals surface area contributed by atoms with Gasteiger partial charge in [-0.25, -0.2) is 4.98 Å². The summed E-state index contributed by atoms with van der Waals surface area (Å²) in [7, 11) is 1.60. The zero-order valence-electron chi connectivity index (χ0n) is 26.4. The molecule has 2 saturated heterocycles. The van der Waals surface area contributed by atoms with E-state index in [9.17, 15) is 9.59 Å². The van der Waals surface area contributed by atoms with Crippen LogP contribution in [0.15, 0.2) is 48.7 Å². The normalized spacial score (nSPS) is 22.0. The first-order valence-electron chi connectivity index (χ1n) is 16.0. The van der Waals surface area contributed by atoms with Gasteiger partial charge in [0.05, 0.1) is 28.5 Å². The van der Waals surface area contributed by atoms with Gasteiger partial charge < -0.3 is 25.2 Å². The van der Waals surface area contributed by atoms with Gasteiger partial charge in [-0.15, -0.1) is 0 Å². The lowest BCUT2D eigenvalue weighted by Gasteiger charge is -2.38. The maximum atomic E-state index is 14.4. The van der Waals surface area contributed by atoms with Crippen molar-refractivity contribution in [1.82, 2.24) is 20.5 Å². The summed E-state index contributed by atoms with van der Waals surface area (Å²) < 4.78 is 6.22. The van der Waals surface area contributed by atoms with E-state index in [1.54, 1.807) is 19.2 Å². The highest BCUT2D eigenvalue weighted by Crippen LogP contribution is 2.41. The first-order chi connectivity index (χ1) is 22.1. The molecule has 0 spiro atoms. The van der Waals surface area contributed by atoms with Gasteiger partial charge >= 0.3 is 0 Å². The van der Waals surface area contributed by atoms with Crippen LogP contribution in [0.25, 0.3) is 0 Å². The molecule has 1 saturated carbocycles. The Morgan fingerprint density at radius 1 is 1.04 bits per heavy atom. The maximum absolute atomic E-state index is 14.4. The summed E-state index contributed by atoms with van der Waals surface area (Å²) in [6.45, 7) is 6.89. The molecule has 3 aromatic rings. The zero-order valence-corrected chi connectivity index (χ0v) is 28.6. The minimum absolute atomic E-state index is 0.0388. The van der Waals surface area contributed by atoms with Crippen molar-refractivity contribution in [3.8, 4) is 5.75 Å². The Labute approximate surface area is 285 Å². The first kappa shape index (κ1) is 32.9. The van der Waals surface area contributed by atoms with E-state index in [0.29, 0.717) is 39.5 Å². The van der Waals surface area contributed by atoms with Crippen molar-refractivity contribution in [2.75, 3.05) is 38.1 Å². The van der Waals surface area contributed by atoms with E-state index in [4.69, 9.17) is 44.5 Å². The molecule has 6 rings (SSSR count). The number of rotatable bonds is 9. The summed E-state index contributed by atoms with van der Waals surface area (Å²) in [4.78, 5) is 35.8. The van der Waals surface area contributed by atoms with Gasteiger partial charge in [0.1, 0.15) is 11.9 Å². The number of carbonyl (C=O) groups is 2. The second kappa shape index (κ2) is 14.0. The van der Waals surface area contributed by atoms with Gasteiger partial charge in [-0.2, -0.15) is 0 Å². The Kier molecular flexibility index (Phi) is 9.99. The molecule has 3 aliphatic rings. The molecule has 2 amide bonds. The minimum Gasteiger partial charge on any atom is -0.485 e. The van der Waals surface area contributed by atoms with Crippen molar-refractivity contribution in [1.29, 1.82) is 0 Å². The Morgan fingerprint density at radius 3 is 2.48 bits per heavy atom. The minimum atomic E-state index is -0.268. The molecule has 2 N–H and O–H groups in total. The number of nitrogens with one attached hydrogen (secondary N) is 2. The summed E-state index contributed by atoms with van der Waals surface area (Å²) >= 11 is 19.5. The zero-order chi connectivity index (χ0) is 32.5. The number of ether oxygens (including phenoxy) is 1. The van der Waals surface area contributed by atoms with Crippen LogP contribution < -0.4 is 20.3 Å². The van der Waals surface area contributed by atoms with E-state index in [2.05, 4.69) is 27.7 Å². The van der Waals surface area contributed by atoms with E-state index in [-0.39, 0.29) is 41.8 Å². The van der Waals surface area contributed by atoms with Gasteiger partial charge in [-0.3, -0.25) is 9.59 Å². The van der Waals surface area contributed by atoms with Crippen LogP contribution in [0.2, 0.25) is 15.1 Å². The van der Waals surface area contributed by atoms with Crippen LogP contribution in [0.3, 0.4) is 0 Å². The van der Waals surface area contributed by atoms with Crippen molar-refractivity contribution in [2.24, 2.45) is 5.92 Å². The average Bonchev–Trinajstić information content (AvgIpc) is 3.78. The second-order valence-electron chi connectivity index (χ2n) is 12.7. The van der Waals surface area contributed by atoms with Gasteiger partial charge in [-0.1, -0.05) is 40.9 Å². The Balaban J connectivity index is 1.16. The molecule has 0 bridgehead atoms. The summed E-state index contributed by atoms with van der Waals surface area (Å²) in [5.74, 6) is 1.15. The van der Waals surface area contributed by atoms with Crippen LogP contribution in [-0.4, -0.2) is 67.1 Å². The number of carbonyl (C=O) groups excluding carboxylic acids is 2. The highest BCUT2D eigenvalue weighted by molar-refractivity contribution is 6.37. The Hall–Kier alpha value is -3.04. The van der Waals surface area contributed by atoms with E-state index in [1.807, 2.05) is 43.1 Å². The lowest BCUT2D eigenvalue weighted by Crippen LogP contribution is -2.48. The van der Waals surface area contributed by atoms with E-state index in [0.717, 1.165) is 61.3 Å². The molecule has 4 atom stereocenters. The van der Waals surface area contributed by atoms with E-state index >= 15 is 0 Å². The van der Waals surface area contributed by atoms with Gasteiger partial charge in [0, 0.05) is 49.4 Å². The number of anilines is 1. The predicted octanol–water partition coefficient (Wildman–Crippen LogP) is 6.81. The van der Waals surface area contributed by atoms with Gasteiger partial charge in [0.25, 0.3) is 5.91 Å². The number of halogens is 3. The third-order valence-corrected chi connectivity index (χ3v) is 10.3. The monoisotopic (exact) mass is 683 g/mol. The molecule has 1 aliphatic carbocycles. The van der Waals surface area contributed by atoms with Crippen LogP contribution in [-0.2, 0) is 4.79 Å². The number of pyridine rings is 1. The smallest absolute Gasteiger partial charge is 0.251 e. The van der Waals surface area contributed by atoms with Crippen molar-refractivity contribution >= 4 is 52.4 Å². The lowest BCUT2D eigenvalue weighted by atomic mass is 9.80. The van der Waals surface area contributed by atoms with Crippen LogP contribution in [0.4, 0.5) is 5.82 Å². The number of aryl methyl sites for hydroxylation is 1. The quantitative estimate of drug-likeness (QED) is 0.258. The highest BCUT2D eigenvalue weighted by Gasteiger charge is 2.43. The second-order valence-corrected chi connectivity index (χ2v) is 13.9. The Morgan fingerprint density at radius 2 is 1.80 bits per heavy atom. The molecule has 11 heteroatoms. The predicted molar refractivity (Wildman–Crippen MR) is 184 cm³/mol. The van der Waals surface area contributed by atoms with Crippen LogP contribution >= 0.6 is 34.8 Å². The highest BCUT2D eigenvalue weighted by atomic mass is 35.5. The fourth-order valence-electron chi connectivity index (χ4n) is 6.85. The molecule has 244 valence electrons. The van der Waals surface area contributed by atoms with Gasteiger partial charge in [0.15, 0.2) is 5.75 Å². The maximum Gasteiger partial charge on any atom is 0.251 e. The van der Waals surface area contributed by atoms with Crippen molar-refractivity contribution in [2.45, 2.75) is 63.6 Å². The third kappa shape index (κ3) is 6.96. The number of piperidine rings is 1. The molecule has 1 aromatic heterocycles. The van der Waals surface area contributed by atoms with Crippen LogP contribution in [0.1, 0.15) is 71.6 Å². The number of nitrogens with zero attached hydrogens (tertiary/aromatic N) is 3. The molecule has 0 radical (unpaired) electrons. The molecule has 2 aromatic carbocycles. The molecular weight excluding hydrogens is 645 g/mol. The van der Waals surface area contributed by atoms with Crippen LogP contribution in [0, 0.1) is 12.8 Å². The van der Waals surface area contributed by atoms with Gasteiger partial charge in [0.2, 0.25) is 5.91 Å². The number of benzene rings is 2. The molecule has 46 heavy (non-hydrogen) atoms. The summed E-state index contributed by atoms with van der Waals surface area (Å²) in [5.41, 5.74) is 3.37.